The number of likely N-dealkylation sites (tertiary alicyclic amines) is 1. The number of nitrogens with zero attached hydrogens (tertiary/aromatic N) is 6. The van der Waals surface area contributed by atoms with Crippen LogP contribution in [-0.2, 0) is 17.6 Å². The Labute approximate surface area is 162 Å². The average Bonchev–Trinajstić information content (AvgIpc) is 3.36. The molecule has 2 atom stereocenters. The molecule has 1 aliphatic rings. The zero-order valence-electron chi connectivity index (χ0n) is 16.3. The van der Waals surface area contributed by atoms with Gasteiger partial charge in [0.05, 0.1) is 11.8 Å². The summed E-state index contributed by atoms with van der Waals surface area (Å²) in [6.07, 6.45) is 2.45. The summed E-state index contributed by atoms with van der Waals surface area (Å²) in [6, 6.07) is 1.87. The molecule has 9 nitrogen and oxygen atoms in total. The van der Waals surface area contributed by atoms with Gasteiger partial charge in [-0.1, -0.05) is 5.16 Å². The van der Waals surface area contributed by atoms with E-state index in [1.165, 1.54) is 6.33 Å². The molecule has 1 saturated heterocycles. The summed E-state index contributed by atoms with van der Waals surface area (Å²) in [5.74, 6) is 1.31. The largest absolute Gasteiger partial charge is 0.391 e. The Kier molecular flexibility index (Phi) is 4.84. The van der Waals surface area contributed by atoms with Crippen LogP contribution in [0.15, 0.2) is 16.9 Å². The highest BCUT2D eigenvalue weighted by Gasteiger charge is 2.34. The molecule has 28 heavy (non-hydrogen) atoms. The third kappa shape index (κ3) is 3.49. The molecule has 0 radical (unpaired) electrons. The zero-order chi connectivity index (χ0) is 19.8. The highest BCUT2D eigenvalue weighted by atomic mass is 16.5. The lowest BCUT2D eigenvalue weighted by Gasteiger charge is -2.17. The van der Waals surface area contributed by atoms with Crippen LogP contribution >= 0.6 is 0 Å². The summed E-state index contributed by atoms with van der Waals surface area (Å²) in [5, 5.41) is 18.4. The van der Waals surface area contributed by atoms with Gasteiger partial charge in [-0.3, -0.25) is 4.79 Å². The quantitative estimate of drug-likeness (QED) is 0.700. The predicted octanol–water partition coefficient (Wildman–Crippen LogP) is 1.03. The van der Waals surface area contributed by atoms with E-state index in [0.29, 0.717) is 38.1 Å². The molecule has 1 fully saturated rings. The number of aliphatic hydroxyl groups is 1. The molecule has 148 valence electrons. The first kappa shape index (κ1) is 18.5. The van der Waals surface area contributed by atoms with Crippen LogP contribution in [0.5, 0.6) is 0 Å². The van der Waals surface area contributed by atoms with Gasteiger partial charge in [-0.05, 0) is 32.8 Å². The normalized spacial score (nSPS) is 19.6. The van der Waals surface area contributed by atoms with Crippen molar-refractivity contribution in [3.63, 3.8) is 0 Å². The molecule has 0 aromatic carbocycles. The molecule has 1 N–H and O–H groups in total. The van der Waals surface area contributed by atoms with Crippen LogP contribution in [0.3, 0.4) is 0 Å². The van der Waals surface area contributed by atoms with E-state index in [1.807, 2.05) is 26.8 Å². The Hall–Kier alpha value is -2.81. The van der Waals surface area contributed by atoms with Crippen molar-refractivity contribution in [1.82, 2.24) is 29.6 Å². The molecule has 3 aromatic rings. The molecule has 0 bridgehead atoms. The van der Waals surface area contributed by atoms with Gasteiger partial charge in [-0.25, -0.2) is 9.50 Å². The summed E-state index contributed by atoms with van der Waals surface area (Å²) in [6.45, 7) is 6.64. The number of aliphatic hydroxyl groups excluding tert-OH is 1. The Balaban J connectivity index is 1.39. The van der Waals surface area contributed by atoms with E-state index in [2.05, 4.69) is 20.2 Å². The van der Waals surface area contributed by atoms with Gasteiger partial charge in [0.25, 0.3) is 5.78 Å². The molecule has 4 heterocycles. The van der Waals surface area contributed by atoms with Gasteiger partial charge in [-0.2, -0.15) is 10.1 Å². The SMILES string of the molecule is Cc1cc(C[C@@H]2CN(C(=O)CCc3c(C)nc4ncnn4c3C)C[C@@H]2O)on1. The van der Waals surface area contributed by atoms with Gasteiger partial charge < -0.3 is 14.5 Å². The minimum Gasteiger partial charge on any atom is -0.391 e. The third-order valence-electron chi connectivity index (χ3n) is 5.48. The number of carbonyl (C=O) groups is 1. The number of β-amino-alcohol motifs (C(OH)–C–C–N with tert-alkyl or cyclic N) is 1. The van der Waals surface area contributed by atoms with E-state index in [-0.39, 0.29) is 11.8 Å². The lowest BCUT2D eigenvalue weighted by molar-refractivity contribution is -0.130. The van der Waals surface area contributed by atoms with Crippen LogP contribution in [0, 0.1) is 26.7 Å². The number of amides is 1. The van der Waals surface area contributed by atoms with E-state index >= 15 is 0 Å². The Morgan fingerprint density at radius 1 is 1.32 bits per heavy atom. The first-order chi connectivity index (χ1) is 13.4. The molecule has 9 heteroatoms. The molecule has 1 amide bonds. The Morgan fingerprint density at radius 3 is 2.89 bits per heavy atom. The van der Waals surface area contributed by atoms with Crippen molar-refractivity contribution in [3.8, 4) is 0 Å². The van der Waals surface area contributed by atoms with Crippen molar-refractivity contribution >= 4 is 11.7 Å². The first-order valence-electron chi connectivity index (χ1n) is 9.46. The highest BCUT2D eigenvalue weighted by molar-refractivity contribution is 5.77. The van der Waals surface area contributed by atoms with Gasteiger partial charge >= 0.3 is 0 Å². The van der Waals surface area contributed by atoms with Crippen molar-refractivity contribution < 1.29 is 14.4 Å². The summed E-state index contributed by atoms with van der Waals surface area (Å²) in [7, 11) is 0. The van der Waals surface area contributed by atoms with Crippen LogP contribution < -0.4 is 0 Å². The number of aryl methyl sites for hydroxylation is 3. The molecule has 3 aromatic heterocycles. The maximum atomic E-state index is 12.7. The molecule has 0 spiro atoms. The first-order valence-corrected chi connectivity index (χ1v) is 9.46. The molecule has 0 aliphatic carbocycles. The number of carbonyl (C=O) groups excluding carboxylic acids is 1. The van der Waals surface area contributed by atoms with E-state index in [0.717, 1.165) is 28.4 Å². The van der Waals surface area contributed by atoms with Crippen LogP contribution in [0.4, 0.5) is 0 Å². The maximum absolute atomic E-state index is 12.7. The van der Waals surface area contributed by atoms with Crippen molar-refractivity contribution in [2.45, 2.75) is 46.1 Å². The topological polar surface area (TPSA) is 110 Å². The van der Waals surface area contributed by atoms with Crippen molar-refractivity contribution in [2.75, 3.05) is 13.1 Å². The molecule has 1 aliphatic heterocycles. The molecule has 4 rings (SSSR count). The summed E-state index contributed by atoms with van der Waals surface area (Å²) in [4.78, 5) is 23.0. The molecule has 0 unspecified atom stereocenters. The lowest BCUT2D eigenvalue weighted by Crippen LogP contribution is -2.30. The van der Waals surface area contributed by atoms with E-state index in [1.54, 1.807) is 9.42 Å². The molecular weight excluding hydrogens is 360 g/mol. The molecule has 0 saturated carbocycles. The van der Waals surface area contributed by atoms with E-state index in [9.17, 15) is 9.90 Å². The monoisotopic (exact) mass is 384 g/mol. The van der Waals surface area contributed by atoms with Crippen LogP contribution in [0.1, 0.15) is 34.8 Å². The fourth-order valence-corrected chi connectivity index (χ4v) is 3.94. The second kappa shape index (κ2) is 7.31. The number of hydrogen-bond donors (Lipinski definition) is 1. The standard InChI is InChI=1S/C19H24N6O3/c1-11-6-15(28-23-11)7-14-8-24(9-17(14)26)18(27)5-4-16-12(2)22-19-20-10-21-25(19)13(16)3/h6,10,14,17,26H,4-5,7-9H2,1-3H3/t14-,17+/m1/s1. The summed E-state index contributed by atoms with van der Waals surface area (Å²) >= 11 is 0. The van der Waals surface area contributed by atoms with Gasteiger partial charge in [0.15, 0.2) is 0 Å². The average molecular weight is 384 g/mol. The second-order valence-electron chi connectivity index (χ2n) is 7.50. The van der Waals surface area contributed by atoms with E-state index < -0.39 is 6.10 Å². The van der Waals surface area contributed by atoms with Gasteiger partial charge in [-0.15, -0.1) is 0 Å². The van der Waals surface area contributed by atoms with Crippen molar-refractivity contribution in [1.29, 1.82) is 0 Å². The zero-order valence-corrected chi connectivity index (χ0v) is 16.3. The number of fused-ring (bicyclic) bond motifs is 1. The summed E-state index contributed by atoms with van der Waals surface area (Å²) in [5.41, 5.74) is 3.65. The van der Waals surface area contributed by atoms with Gasteiger partial charge in [0.2, 0.25) is 5.91 Å². The van der Waals surface area contributed by atoms with Crippen LogP contribution in [-0.4, -0.2) is 59.8 Å². The molecular formula is C19H24N6O3. The second-order valence-corrected chi connectivity index (χ2v) is 7.50. The fourth-order valence-electron chi connectivity index (χ4n) is 3.94. The lowest BCUT2D eigenvalue weighted by atomic mass is 10.0. The van der Waals surface area contributed by atoms with Crippen LogP contribution in [0.2, 0.25) is 0 Å². The Bertz CT molecular complexity index is 1010. The number of hydrogen-bond acceptors (Lipinski definition) is 7. The van der Waals surface area contributed by atoms with E-state index in [4.69, 9.17) is 4.52 Å². The van der Waals surface area contributed by atoms with Crippen LogP contribution in [0.25, 0.3) is 5.78 Å². The predicted molar refractivity (Wildman–Crippen MR) is 99.6 cm³/mol. The maximum Gasteiger partial charge on any atom is 0.252 e. The van der Waals surface area contributed by atoms with Gasteiger partial charge in [0.1, 0.15) is 12.1 Å². The summed E-state index contributed by atoms with van der Waals surface area (Å²) < 4.78 is 6.94. The smallest absolute Gasteiger partial charge is 0.252 e. The Morgan fingerprint density at radius 2 is 2.14 bits per heavy atom. The minimum absolute atomic E-state index is 0.0343. The third-order valence-corrected chi connectivity index (χ3v) is 5.48. The minimum atomic E-state index is -0.550. The number of rotatable bonds is 5. The van der Waals surface area contributed by atoms with Gasteiger partial charge in [0, 0.05) is 49.3 Å². The van der Waals surface area contributed by atoms with Crippen molar-refractivity contribution in [2.24, 2.45) is 5.92 Å². The number of aromatic nitrogens is 5. The fraction of sp³-hybridized carbons (Fsp3) is 0.526. The highest BCUT2D eigenvalue weighted by Crippen LogP contribution is 2.23. The van der Waals surface area contributed by atoms with Crippen molar-refractivity contribution in [3.05, 3.63) is 40.8 Å².